The zero-order valence-corrected chi connectivity index (χ0v) is 12.4. The highest BCUT2D eigenvalue weighted by Gasteiger charge is 2.24. The number of benzene rings is 1. The molecule has 0 saturated heterocycles. The Morgan fingerprint density at radius 1 is 1.27 bits per heavy atom. The molecule has 0 radical (unpaired) electrons. The van der Waals surface area contributed by atoms with Gasteiger partial charge in [0.2, 0.25) is 0 Å². The molecule has 0 heterocycles. The number of hydrogen-bond acceptors (Lipinski definition) is 5. The van der Waals surface area contributed by atoms with Crippen LogP contribution in [0.1, 0.15) is 35.1 Å². The number of nitro groups is 1. The van der Waals surface area contributed by atoms with Crippen molar-refractivity contribution in [1.82, 2.24) is 0 Å². The van der Waals surface area contributed by atoms with Crippen LogP contribution in [0, 0.1) is 10.1 Å². The molecule has 1 aliphatic carbocycles. The number of rotatable bonds is 6. The van der Waals surface area contributed by atoms with Crippen LogP contribution in [0.4, 0.5) is 5.69 Å². The minimum atomic E-state index is -0.899. The van der Waals surface area contributed by atoms with Gasteiger partial charge in [0.1, 0.15) is 0 Å². The highest BCUT2D eigenvalue weighted by atomic mass is 16.7. The normalized spacial score (nSPS) is 14.0. The van der Waals surface area contributed by atoms with Gasteiger partial charge >= 0.3 is 0 Å². The van der Waals surface area contributed by atoms with E-state index >= 15 is 0 Å². The van der Waals surface area contributed by atoms with Crippen molar-refractivity contribution >= 4 is 11.5 Å². The molecule has 0 atom stereocenters. The summed E-state index contributed by atoms with van der Waals surface area (Å²) in [6, 6.07) is 4.22. The number of nitro benzene ring substituents is 1. The topological polar surface area (TPSA) is 78.7 Å². The van der Waals surface area contributed by atoms with Gasteiger partial charge < -0.3 is 9.47 Å². The largest absolute Gasteiger partial charge is 0.351 e. The first-order valence-electron chi connectivity index (χ1n) is 6.83. The van der Waals surface area contributed by atoms with Crippen molar-refractivity contribution in [3.63, 3.8) is 0 Å². The summed E-state index contributed by atoms with van der Waals surface area (Å²) in [7, 11) is 2.78. The van der Waals surface area contributed by atoms with Crippen LogP contribution in [0.25, 0.3) is 0 Å². The highest BCUT2D eigenvalue weighted by Crippen LogP contribution is 2.30. The molecule has 0 saturated carbocycles. The smallest absolute Gasteiger partial charge is 0.277 e. The SMILES string of the molecule is COC(OC)c1cc(C(=O)C2=CCCC=C2)ccc1[N+](=O)[O-]. The third kappa shape index (κ3) is 3.29. The fraction of sp³-hybridized carbons (Fsp3) is 0.312. The summed E-state index contributed by atoms with van der Waals surface area (Å²) >= 11 is 0. The van der Waals surface area contributed by atoms with Crippen molar-refractivity contribution in [3.05, 3.63) is 63.2 Å². The van der Waals surface area contributed by atoms with Crippen LogP contribution >= 0.6 is 0 Å². The average Bonchev–Trinajstić information content (AvgIpc) is 2.56. The van der Waals surface area contributed by atoms with E-state index in [0.717, 1.165) is 12.8 Å². The highest BCUT2D eigenvalue weighted by molar-refractivity contribution is 6.10. The van der Waals surface area contributed by atoms with E-state index in [1.165, 1.54) is 32.4 Å². The Bertz CT molecular complexity index is 644. The van der Waals surface area contributed by atoms with Gasteiger partial charge in [0.05, 0.1) is 10.5 Å². The van der Waals surface area contributed by atoms with E-state index < -0.39 is 11.2 Å². The molecule has 1 aromatic rings. The Morgan fingerprint density at radius 3 is 2.55 bits per heavy atom. The summed E-state index contributed by atoms with van der Waals surface area (Å²) in [5.74, 6) is -0.168. The number of ketones is 1. The lowest BCUT2D eigenvalue weighted by atomic mass is 9.96. The maximum atomic E-state index is 12.5. The Balaban J connectivity index is 2.44. The van der Waals surface area contributed by atoms with Gasteiger partial charge in [0.25, 0.3) is 5.69 Å². The Morgan fingerprint density at radius 2 is 2.00 bits per heavy atom. The van der Waals surface area contributed by atoms with Crippen molar-refractivity contribution in [3.8, 4) is 0 Å². The molecular formula is C16H17NO5. The van der Waals surface area contributed by atoms with Crippen LogP contribution in [-0.4, -0.2) is 24.9 Å². The van der Waals surface area contributed by atoms with Crippen LogP contribution in [0.15, 0.2) is 42.0 Å². The second-order valence-corrected chi connectivity index (χ2v) is 4.80. The number of allylic oxidation sites excluding steroid dienone is 4. The van der Waals surface area contributed by atoms with Crippen molar-refractivity contribution in [2.24, 2.45) is 0 Å². The summed E-state index contributed by atoms with van der Waals surface area (Å²) in [6.45, 7) is 0. The maximum Gasteiger partial charge on any atom is 0.277 e. The number of methoxy groups -OCH3 is 2. The van der Waals surface area contributed by atoms with Gasteiger partial charge in [-0.15, -0.1) is 0 Å². The average molecular weight is 303 g/mol. The number of nitrogens with zero attached hydrogens (tertiary/aromatic N) is 1. The molecule has 1 aromatic carbocycles. The van der Waals surface area contributed by atoms with Crippen LogP contribution in [0.2, 0.25) is 0 Å². The molecule has 0 unspecified atom stereocenters. The Kier molecular flexibility index (Phi) is 5.19. The molecule has 0 amide bonds. The van der Waals surface area contributed by atoms with Gasteiger partial charge in [-0.2, -0.15) is 0 Å². The Labute approximate surface area is 128 Å². The lowest BCUT2D eigenvalue weighted by Gasteiger charge is -2.15. The van der Waals surface area contributed by atoms with E-state index in [2.05, 4.69) is 0 Å². The van der Waals surface area contributed by atoms with Gasteiger partial charge in [-0.05, 0) is 25.0 Å². The lowest BCUT2D eigenvalue weighted by molar-refractivity contribution is -0.387. The van der Waals surface area contributed by atoms with E-state index in [0.29, 0.717) is 11.1 Å². The fourth-order valence-electron chi connectivity index (χ4n) is 2.35. The van der Waals surface area contributed by atoms with Crippen molar-refractivity contribution in [2.75, 3.05) is 14.2 Å². The minimum absolute atomic E-state index is 0.140. The Hall–Kier alpha value is -2.31. The zero-order valence-electron chi connectivity index (χ0n) is 12.4. The molecule has 22 heavy (non-hydrogen) atoms. The van der Waals surface area contributed by atoms with Crippen LogP contribution in [0.5, 0.6) is 0 Å². The van der Waals surface area contributed by atoms with E-state index in [9.17, 15) is 14.9 Å². The molecule has 0 N–H and O–H groups in total. The quantitative estimate of drug-likeness (QED) is 0.348. The second-order valence-electron chi connectivity index (χ2n) is 4.80. The number of ether oxygens (including phenoxy) is 2. The fourth-order valence-corrected chi connectivity index (χ4v) is 2.35. The summed E-state index contributed by atoms with van der Waals surface area (Å²) in [5, 5.41) is 11.1. The summed E-state index contributed by atoms with van der Waals surface area (Å²) < 4.78 is 10.2. The van der Waals surface area contributed by atoms with Crippen molar-refractivity contribution in [2.45, 2.75) is 19.1 Å². The zero-order chi connectivity index (χ0) is 16.1. The molecule has 0 aliphatic heterocycles. The van der Waals surface area contributed by atoms with Crippen LogP contribution in [-0.2, 0) is 9.47 Å². The molecule has 6 nitrogen and oxygen atoms in total. The van der Waals surface area contributed by atoms with Gasteiger partial charge in [-0.25, -0.2) is 0 Å². The summed E-state index contributed by atoms with van der Waals surface area (Å²) in [5.41, 5.74) is 1.05. The number of carbonyl (C=O) groups is 1. The molecule has 2 rings (SSSR count). The standard InChI is InChI=1S/C16H17NO5/c1-21-16(22-2)13-10-12(8-9-14(13)17(19)20)15(18)11-6-4-3-5-7-11/h4,6-10,16H,3,5H2,1-2H3. The predicted molar refractivity (Wildman–Crippen MR) is 80.6 cm³/mol. The van der Waals surface area contributed by atoms with Crippen molar-refractivity contribution in [1.29, 1.82) is 0 Å². The van der Waals surface area contributed by atoms with Crippen LogP contribution < -0.4 is 0 Å². The molecule has 0 spiro atoms. The molecule has 6 heteroatoms. The maximum absolute atomic E-state index is 12.5. The molecular weight excluding hydrogens is 286 g/mol. The van der Waals surface area contributed by atoms with Crippen molar-refractivity contribution < 1.29 is 19.2 Å². The van der Waals surface area contributed by atoms with Crippen LogP contribution in [0.3, 0.4) is 0 Å². The van der Waals surface area contributed by atoms with E-state index in [-0.39, 0.29) is 17.0 Å². The third-order valence-electron chi connectivity index (χ3n) is 3.43. The van der Waals surface area contributed by atoms with Gasteiger partial charge in [0.15, 0.2) is 12.1 Å². The molecule has 1 aliphatic rings. The molecule has 0 bridgehead atoms. The van der Waals surface area contributed by atoms with E-state index in [4.69, 9.17) is 9.47 Å². The monoisotopic (exact) mass is 303 g/mol. The van der Waals surface area contributed by atoms with E-state index in [1.807, 2.05) is 12.2 Å². The first kappa shape index (κ1) is 16.1. The molecule has 0 fully saturated rings. The number of carbonyl (C=O) groups excluding carboxylic acids is 1. The second kappa shape index (κ2) is 7.11. The summed E-state index contributed by atoms with van der Waals surface area (Å²) in [4.78, 5) is 23.1. The van der Waals surface area contributed by atoms with Gasteiger partial charge in [0, 0.05) is 31.4 Å². The number of Topliss-reactive ketones (excluding diaryl/α,β-unsaturated/α-hetero) is 1. The van der Waals surface area contributed by atoms with E-state index in [1.54, 1.807) is 6.08 Å². The van der Waals surface area contributed by atoms with Gasteiger partial charge in [-0.1, -0.05) is 18.2 Å². The first-order chi connectivity index (χ1) is 10.6. The number of hydrogen-bond donors (Lipinski definition) is 0. The molecule has 0 aromatic heterocycles. The first-order valence-corrected chi connectivity index (χ1v) is 6.83. The predicted octanol–water partition coefficient (Wildman–Crippen LogP) is 3.35. The summed E-state index contributed by atoms with van der Waals surface area (Å²) in [6.07, 6.45) is 6.41. The third-order valence-corrected chi connectivity index (χ3v) is 3.43. The minimum Gasteiger partial charge on any atom is -0.351 e. The molecule has 116 valence electrons. The van der Waals surface area contributed by atoms with Gasteiger partial charge in [-0.3, -0.25) is 14.9 Å². The lowest BCUT2D eigenvalue weighted by Crippen LogP contribution is -2.10.